The fourth-order valence-corrected chi connectivity index (χ4v) is 4.08. The fourth-order valence-electron chi connectivity index (χ4n) is 2.60. The van der Waals surface area contributed by atoms with E-state index in [2.05, 4.69) is 10.6 Å². The number of carbonyl (C=O) groups excluding carboxylic acids is 1. The van der Waals surface area contributed by atoms with E-state index in [1.165, 1.54) is 11.8 Å². The molecule has 0 radical (unpaired) electrons. The summed E-state index contributed by atoms with van der Waals surface area (Å²) < 4.78 is -0.686. The zero-order valence-corrected chi connectivity index (χ0v) is 14.2. The predicted octanol–water partition coefficient (Wildman–Crippen LogP) is 0.693. The zero-order chi connectivity index (χ0) is 17.9. The van der Waals surface area contributed by atoms with Gasteiger partial charge in [0.2, 0.25) is 5.91 Å². The molecule has 1 aromatic carbocycles. The number of amides is 1. The summed E-state index contributed by atoms with van der Waals surface area (Å²) in [6.45, 7) is 3.46. The van der Waals surface area contributed by atoms with Crippen LogP contribution in [-0.2, 0) is 20.8 Å². The number of benzene rings is 1. The second-order valence-electron chi connectivity index (χ2n) is 6.13. The van der Waals surface area contributed by atoms with Crippen molar-refractivity contribution in [3.05, 3.63) is 35.9 Å². The molecule has 0 bridgehead atoms. The van der Waals surface area contributed by atoms with Gasteiger partial charge >= 0.3 is 11.9 Å². The molecule has 4 N–H and O–H groups in total. The van der Waals surface area contributed by atoms with Crippen molar-refractivity contribution in [2.75, 3.05) is 0 Å². The van der Waals surface area contributed by atoms with Gasteiger partial charge < -0.3 is 15.5 Å². The Labute approximate surface area is 143 Å². The molecule has 130 valence electrons. The summed E-state index contributed by atoms with van der Waals surface area (Å²) in [6.07, 6.45) is 0.0633. The minimum atomic E-state index is -1.21. The molecule has 0 saturated carbocycles. The van der Waals surface area contributed by atoms with Crippen LogP contribution in [-0.4, -0.2) is 50.3 Å². The molecule has 1 aromatic rings. The number of hydrogen-bond donors (Lipinski definition) is 4. The van der Waals surface area contributed by atoms with E-state index in [0.717, 1.165) is 5.56 Å². The first-order chi connectivity index (χ1) is 11.2. The molecule has 1 aliphatic rings. The Morgan fingerprint density at radius 2 is 1.88 bits per heavy atom. The van der Waals surface area contributed by atoms with E-state index >= 15 is 0 Å². The second-order valence-corrected chi connectivity index (χ2v) is 7.92. The molecule has 0 aliphatic carbocycles. The van der Waals surface area contributed by atoms with Crippen LogP contribution < -0.4 is 10.6 Å². The molecular weight excluding hydrogens is 332 g/mol. The Morgan fingerprint density at radius 3 is 2.38 bits per heavy atom. The smallest absolute Gasteiger partial charge is 0.328 e. The lowest BCUT2D eigenvalue weighted by Gasteiger charge is -2.22. The van der Waals surface area contributed by atoms with E-state index in [1.54, 1.807) is 38.1 Å². The van der Waals surface area contributed by atoms with E-state index in [0.29, 0.717) is 0 Å². The van der Waals surface area contributed by atoms with Crippen molar-refractivity contribution in [3.8, 4) is 0 Å². The highest BCUT2D eigenvalue weighted by atomic mass is 32.2. The summed E-state index contributed by atoms with van der Waals surface area (Å²) in [5.74, 6) is -2.68. The first-order valence-corrected chi connectivity index (χ1v) is 8.31. The number of hydrogen-bond acceptors (Lipinski definition) is 5. The number of aliphatic carboxylic acids is 2. The molecule has 7 nitrogen and oxygen atoms in total. The van der Waals surface area contributed by atoms with E-state index < -0.39 is 40.1 Å². The van der Waals surface area contributed by atoms with Crippen LogP contribution in [0.2, 0.25) is 0 Å². The summed E-state index contributed by atoms with van der Waals surface area (Å²) >= 11 is 1.20. The minimum Gasteiger partial charge on any atom is -0.480 e. The number of carboxylic acids is 2. The molecule has 1 saturated heterocycles. The van der Waals surface area contributed by atoms with Gasteiger partial charge in [-0.2, -0.15) is 0 Å². The van der Waals surface area contributed by atoms with Crippen LogP contribution in [0.3, 0.4) is 0 Å². The van der Waals surface area contributed by atoms with Gasteiger partial charge in [-0.15, -0.1) is 11.8 Å². The van der Waals surface area contributed by atoms with Crippen molar-refractivity contribution < 1.29 is 24.6 Å². The van der Waals surface area contributed by atoms with Crippen molar-refractivity contribution in [1.82, 2.24) is 10.6 Å². The summed E-state index contributed by atoms with van der Waals surface area (Å²) in [5, 5.41) is 23.2. The average molecular weight is 352 g/mol. The average Bonchev–Trinajstić information content (AvgIpc) is 2.81. The maximum absolute atomic E-state index is 12.1. The molecule has 2 rings (SSSR count). The summed E-state index contributed by atoms with van der Waals surface area (Å²) in [5.41, 5.74) is 0.773. The Balaban J connectivity index is 2.06. The van der Waals surface area contributed by atoms with Gasteiger partial charge in [-0.3, -0.25) is 14.9 Å². The molecule has 1 aliphatic heterocycles. The lowest BCUT2D eigenvalue weighted by Crippen LogP contribution is -2.54. The fraction of sp³-hybridized carbons (Fsp3) is 0.438. The molecule has 0 spiro atoms. The third kappa shape index (κ3) is 4.27. The van der Waals surface area contributed by atoms with E-state index in [4.69, 9.17) is 0 Å². The van der Waals surface area contributed by atoms with Gasteiger partial charge in [-0.05, 0) is 19.4 Å². The van der Waals surface area contributed by atoms with Crippen LogP contribution in [0, 0.1) is 0 Å². The van der Waals surface area contributed by atoms with Crippen LogP contribution in [0.4, 0.5) is 0 Å². The van der Waals surface area contributed by atoms with Crippen LogP contribution in [0.5, 0.6) is 0 Å². The van der Waals surface area contributed by atoms with Gasteiger partial charge in [0.1, 0.15) is 6.04 Å². The first-order valence-electron chi connectivity index (χ1n) is 7.43. The Kier molecular flexibility index (Phi) is 5.51. The van der Waals surface area contributed by atoms with E-state index in [9.17, 15) is 24.6 Å². The molecule has 1 heterocycles. The minimum absolute atomic E-state index is 0.0633. The van der Waals surface area contributed by atoms with Crippen LogP contribution in [0.25, 0.3) is 0 Å². The molecule has 0 aromatic heterocycles. The van der Waals surface area contributed by atoms with Crippen molar-refractivity contribution in [2.45, 2.75) is 42.5 Å². The topological polar surface area (TPSA) is 116 Å². The van der Waals surface area contributed by atoms with Gasteiger partial charge in [0.25, 0.3) is 0 Å². The number of carboxylic acid groups (broad SMARTS) is 2. The SMILES string of the molecule is CC1(C)SC(C(NC(=O)Cc2ccccc2)C(=O)O)N[C@H]1C(=O)O. The highest BCUT2D eigenvalue weighted by molar-refractivity contribution is 8.01. The molecule has 2 unspecified atom stereocenters. The number of thioether (sulfide) groups is 1. The zero-order valence-electron chi connectivity index (χ0n) is 13.4. The highest BCUT2D eigenvalue weighted by Gasteiger charge is 2.49. The summed E-state index contributed by atoms with van der Waals surface area (Å²) in [7, 11) is 0. The molecule has 1 fully saturated rings. The van der Waals surface area contributed by atoms with Crippen LogP contribution in [0.1, 0.15) is 19.4 Å². The van der Waals surface area contributed by atoms with Gasteiger partial charge in [0, 0.05) is 4.75 Å². The third-order valence-corrected chi connectivity index (χ3v) is 5.30. The van der Waals surface area contributed by atoms with Crippen molar-refractivity contribution in [1.29, 1.82) is 0 Å². The van der Waals surface area contributed by atoms with Crippen molar-refractivity contribution in [3.63, 3.8) is 0 Å². The molecule has 1 amide bonds. The van der Waals surface area contributed by atoms with Crippen LogP contribution >= 0.6 is 11.8 Å². The standard InChI is InChI=1S/C16H20N2O5S/c1-16(2)12(15(22)23)18-13(24-16)11(14(20)21)17-10(19)8-9-6-4-3-5-7-9/h3-7,11-13,18H,8H2,1-2H3,(H,17,19)(H,20,21)(H,22,23)/t11?,12-,13?/m0/s1. The molecular formula is C16H20N2O5S. The number of nitrogens with one attached hydrogen (secondary N) is 2. The first kappa shape index (κ1) is 18.3. The predicted molar refractivity (Wildman–Crippen MR) is 89.7 cm³/mol. The largest absolute Gasteiger partial charge is 0.480 e. The Bertz CT molecular complexity index is 635. The maximum Gasteiger partial charge on any atom is 0.328 e. The normalized spacial score (nSPS) is 23.4. The Hall–Kier alpha value is -2.06. The van der Waals surface area contributed by atoms with Gasteiger partial charge in [-0.25, -0.2) is 4.79 Å². The molecule has 3 atom stereocenters. The quantitative estimate of drug-likeness (QED) is 0.595. The van der Waals surface area contributed by atoms with Crippen molar-refractivity contribution in [2.24, 2.45) is 0 Å². The monoisotopic (exact) mass is 352 g/mol. The van der Waals surface area contributed by atoms with Crippen LogP contribution in [0.15, 0.2) is 30.3 Å². The summed E-state index contributed by atoms with van der Waals surface area (Å²) in [6, 6.07) is 6.88. The third-order valence-electron chi connectivity index (χ3n) is 3.80. The van der Waals surface area contributed by atoms with Gasteiger partial charge in [0.15, 0.2) is 6.04 Å². The highest BCUT2D eigenvalue weighted by Crippen LogP contribution is 2.39. The maximum atomic E-state index is 12.1. The lowest BCUT2D eigenvalue weighted by atomic mass is 10.0. The second kappa shape index (κ2) is 7.23. The summed E-state index contributed by atoms with van der Waals surface area (Å²) in [4.78, 5) is 35.0. The van der Waals surface area contributed by atoms with Gasteiger partial charge in [-0.1, -0.05) is 30.3 Å². The van der Waals surface area contributed by atoms with E-state index in [1.807, 2.05) is 6.07 Å². The number of rotatable bonds is 6. The Morgan fingerprint density at radius 1 is 1.25 bits per heavy atom. The van der Waals surface area contributed by atoms with Crippen molar-refractivity contribution >= 4 is 29.6 Å². The lowest BCUT2D eigenvalue weighted by molar-refractivity contribution is -0.143. The molecule has 24 heavy (non-hydrogen) atoms. The number of carbonyl (C=O) groups is 3. The molecule has 8 heteroatoms. The van der Waals surface area contributed by atoms with Gasteiger partial charge in [0.05, 0.1) is 11.8 Å². The van der Waals surface area contributed by atoms with E-state index in [-0.39, 0.29) is 6.42 Å².